The van der Waals surface area contributed by atoms with Crippen molar-refractivity contribution in [2.45, 2.75) is 0 Å². The molecule has 0 fully saturated rings. The van der Waals surface area contributed by atoms with Gasteiger partial charge in [0.25, 0.3) is 0 Å². The smallest absolute Gasteiger partial charge is 0.200 e. The van der Waals surface area contributed by atoms with Crippen molar-refractivity contribution in [3.8, 4) is 0 Å². The van der Waals surface area contributed by atoms with Crippen molar-refractivity contribution in [3.63, 3.8) is 0 Å². The fourth-order valence-electron chi connectivity index (χ4n) is 0.725. The van der Waals surface area contributed by atoms with Crippen molar-refractivity contribution in [2.24, 2.45) is 0 Å². The molecule has 0 radical (unpaired) electrons. The van der Waals surface area contributed by atoms with Crippen LogP contribution in [0.3, 0.4) is 0 Å². The van der Waals surface area contributed by atoms with Gasteiger partial charge in [0, 0.05) is 5.37 Å². The zero-order chi connectivity index (χ0) is 10.2. The van der Waals surface area contributed by atoms with Gasteiger partial charge in [0.2, 0.25) is 5.82 Å². The van der Waals surface area contributed by atoms with Crippen molar-refractivity contribution in [2.75, 3.05) is 0 Å². The summed E-state index contributed by atoms with van der Waals surface area (Å²) in [5.74, 6) is -9.99. The van der Waals surface area contributed by atoms with E-state index in [0.29, 0.717) is 5.37 Å². The minimum absolute atomic E-state index is 0.399. The molecule has 0 atom stereocenters. The zero-order valence-corrected chi connectivity index (χ0v) is 6.69. The zero-order valence-electron chi connectivity index (χ0n) is 5.88. The maximum Gasteiger partial charge on any atom is 0.200 e. The van der Waals surface area contributed by atoms with Crippen LogP contribution in [0.2, 0.25) is 0 Å². The molecule has 1 aromatic rings. The molecule has 1 aromatic carbocycles. The van der Waals surface area contributed by atoms with Crippen LogP contribution in [0.15, 0.2) is 0 Å². The number of rotatable bonds is 1. The van der Waals surface area contributed by atoms with E-state index < -0.39 is 34.6 Å². The third kappa shape index (κ3) is 1.41. The molecule has 0 bridgehead atoms. The summed E-state index contributed by atoms with van der Waals surface area (Å²) in [6.45, 7) is 0. The van der Waals surface area contributed by atoms with Crippen LogP contribution >= 0.6 is 12.2 Å². The fraction of sp³-hybridized carbons (Fsp3) is 0. The summed E-state index contributed by atoms with van der Waals surface area (Å²) < 4.78 is 62.3. The van der Waals surface area contributed by atoms with Gasteiger partial charge in [0.05, 0.1) is 5.56 Å². The monoisotopic (exact) mass is 212 g/mol. The standard InChI is InChI=1S/C7HF5S/c8-3-2(1-13)4(9)6(11)7(12)5(3)10/h1H. The summed E-state index contributed by atoms with van der Waals surface area (Å²) in [5.41, 5.74) is -1.09. The molecule has 0 aliphatic carbocycles. The minimum Gasteiger partial charge on any atom is -0.203 e. The van der Waals surface area contributed by atoms with Gasteiger partial charge >= 0.3 is 0 Å². The van der Waals surface area contributed by atoms with E-state index in [0.717, 1.165) is 0 Å². The second-order valence-corrected chi connectivity index (χ2v) is 2.34. The Balaban J connectivity index is 3.66. The molecule has 70 valence electrons. The van der Waals surface area contributed by atoms with Crippen LogP contribution < -0.4 is 0 Å². The number of benzene rings is 1. The highest BCUT2D eigenvalue weighted by molar-refractivity contribution is 7.79. The Morgan fingerprint density at radius 1 is 0.692 bits per heavy atom. The van der Waals surface area contributed by atoms with E-state index in [-0.39, 0.29) is 0 Å². The average molecular weight is 212 g/mol. The SMILES string of the molecule is Fc1c(F)c(F)c(C=S)c(F)c1F. The highest BCUT2D eigenvalue weighted by Gasteiger charge is 2.23. The molecule has 6 heteroatoms. The summed E-state index contributed by atoms with van der Waals surface area (Å²) in [5, 5.41) is 0.399. The van der Waals surface area contributed by atoms with E-state index in [4.69, 9.17) is 0 Å². The first-order valence-electron chi connectivity index (χ1n) is 2.97. The maximum atomic E-state index is 12.6. The lowest BCUT2D eigenvalue weighted by atomic mass is 10.2. The molecule has 0 unspecified atom stereocenters. The molecule has 0 spiro atoms. The molecule has 0 aliphatic rings. The van der Waals surface area contributed by atoms with Gasteiger partial charge in [-0.2, -0.15) is 0 Å². The first-order chi connectivity index (χ1) is 6.00. The van der Waals surface area contributed by atoms with Crippen LogP contribution in [0.1, 0.15) is 5.56 Å². The van der Waals surface area contributed by atoms with Gasteiger partial charge in [-0.25, -0.2) is 22.0 Å². The van der Waals surface area contributed by atoms with E-state index in [1.807, 2.05) is 0 Å². The van der Waals surface area contributed by atoms with Crippen molar-refractivity contribution in [3.05, 3.63) is 34.6 Å². The highest BCUT2D eigenvalue weighted by atomic mass is 32.1. The Kier molecular flexibility index (Phi) is 2.60. The summed E-state index contributed by atoms with van der Waals surface area (Å²) in [6, 6.07) is 0. The molecule has 0 aliphatic heterocycles. The summed E-state index contributed by atoms with van der Waals surface area (Å²) in [7, 11) is 0. The Labute approximate surface area is 75.0 Å². The Morgan fingerprint density at radius 3 is 1.31 bits per heavy atom. The first-order valence-corrected chi connectivity index (χ1v) is 3.44. The van der Waals surface area contributed by atoms with E-state index in [9.17, 15) is 22.0 Å². The van der Waals surface area contributed by atoms with Crippen molar-refractivity contribution in [1.82, 2.24) is 0 Å². The quantitative estimate of drug-likeness (QED) is 0.298. The molecule has 13 heavy (non-hydrogen) atoms. The van der Waals surface area contributed by atoms with Crippen LogP contribution in [0, 0.1) is 29.1 Å². The minimum atomic E-state index is -2.18. The number of halogens is 5. The maximum absolute atomic E-state index is 12.6. The molecule has 0 amide bonds. The highest BCUT2D eigenvalue weighted by Crippen LogP contribution is 2.21. The van der Waals surface area contributed by atoms with Crippen LogP contribution in [0.5, 0.6) is 0 Å². The van der Waals surface area contributed by atoms with Crippen LogP contribution in [0.4, 0.5) is 22.0 Å². The van der Waals surface area contributed by atoms with Crippen molar-refractivity contribution < 1.29 is 22.0 Å². The van der Waals surface area contributed by atoms with E-state index >= 15 is 0 Å². The van der Waals surface area contributed by atoms with Gasteiger partial charge in [-0.15, -0.1) is 0 Å². The number of hydrogen-bond donors (Lipinski definition) is 0. The fourth-order valence-corrected chi connectivity index (χ4v) is 0.932. The predicted octanol–water partition coefficient (Wildman–Crippen LogP) is 2.73. The molecule has 0 saturated heterocycles. The van der Waals surface area contributed by atoms with Crippen molar-refractivity contribution >= 4 is 17.6 Å². The molecule has 0 aromatic heterocycles. The Hall–Kier alpha value is -1.04. The number of hydrogen-bond acceptors (Lipinski definition) is 1. The summed E-state index contributed by atoms with van der Waals surface area (Å²) in [4.78, 5) is 0. The molecule has 0 heterocycles. The lowest BCUT2D eigenvalue weighted by Crippen LogP contribution is -2.05. The van der Waals surface area contributed by atoms with Crippen LogP contribution in [-0.2, 0) is 0 Å². The van der Waals surface area contributed by atoms with Gasteiger partial charge in [-0.05, 0) is 0 Å². The average Bonchev–Trinajstić information content (AvgIpc) is 2.13. The van der Waals surface area contributed by atoms with Crippen molar-refractivity contribution in [1.29, 1.82) is 0 Å². The molecular weight excluding hydrogens is 211 g/mol. The number of thiocarbonyl (C=S) groups is 1. The van der Waals surface area contributed by atoms with Gasteiger partial charge in [-0.3, -0.25) is 0 Å². The topological polar surface area (TPSA) is 0 Å². The lowest BCUT2D eigenvalue weighted by Gasteiger charge is -2.02. The largest absolute Gasteiger partial charge is 0.203 e. The van der Waals surface area contributed by atoms with E-state index in [2.05, 4.69) is 12.2 Å². The summed E-state index contributed by atoms with van der Waals surface area (Å²) in [6.07, 6.45) is 0. The molecule has 0 nitrogen and oxygen atoms in total. The van der Waals surface area contributed by atoms with Gasteiger partial charge in [0.1, 0.15) is 0 Å². The molecule has 0 saturated carbocycles. The second-order valence-electron chi connectivity index (χ2n) is 2.10. The first kappa shape index (κ1) is 10.0. The Morgan fingerprint density at radius 2 is 1.00 bits per heavy atom. The predicted molar refractivity (Wildman–Crippen MR) is 39.0 cm³/mol. The normalized spacial score (nSPS) is 10.2. The third-order valence-corrected chi connectivity index (χ3v) is 1.60. The Bertz CT molecular complexity index is 345. The van der Waals surface area contributed by atoms with Gasteiger partial charge in [-0.1, -0.05) is 12.2 Å². The summed E-state index contributed by atoms with van der Waals surface area (Å²) >= 11 is 4.10. The van der Waals surface area contributed by atoms with Gasteiger partial charge in [0.15, 0.2) is 23.3 Å². The molecule has 0 N–H and O–H groups in total. The third-order valence-electron chi connectivity index (χ3n) is 1.36. The second kappa shape index (κ2) is 3.37. The van der Waals surface area contributed by atoms with Crippen LogP contribution in [0.25, 0.3) is 0 Å². The van der Waals surface area contributed by atoms with E-state index in [1.165, 1.54) is 0 Å². The van der Waals surface area contributed by atoms with Crippen LogP contribution in [-0.4, -0.2) is 5.37 Å². The molecular formula is C7HF5S. The van der Waals surface area contributed by atoms with E-state index in [1.54, 1.807) is 0 Å². The lowest BCUT2D eigenvalue weighted by molar-refractivity contribution is 0.377. The molecule has 1 rings (SSSR count). The van der Waals surface area contributed by atoms with Gasteiger partial charge < -0.3 is 0 Å².